The van der Waals surface area contributed by atoms with Crippen molar-refractivity contribution < 1.29 is 22.6 Å². The Morgan fingerprint density at radius 2 is 1.67 bits per heavy atom. The Labute approximate surface area is 159 Å². The molecule has 0 spiro atoms. The summed E-state index contributed by atoms with van der Waals surface area (Å²) < 4.78 is 43.1. The zero-order valence-corrected chi connectivity index (χ0v) is 15.9. The molecule has 2 aromatic carbocycles. The van der Waals surface area contributed by atoms with Crippen LogP contribution in [0.25, 0.3) is 0 Å². The molecule has 0 amide bonds. The van der Waals surface area contributed by atoms with Gasteiger partial charge in [-0.3, -0.25) is 4.90 Å². The average molecular weight is 390 g/mol. The maximum Gasteiger partial charge on any atom is 0.243 e. The summed E-state index contributed by atoms with van der Waals surface area (Å²) in [5, 5.41) is 0. The lowest BCUT2D eigenvalue weighted by Crippen LogP contribution is -2.48. The van der Waals surface area contributed by atoms with Gasteiger partial charge in [-0.15, -0.1) is 0 Å². The smallest absolute Gasteiger partial charge is 0.243 e. The van der Waals surface area contributed by atoms with Gasteiger partial charge in [0.25, 0.3) is 0 Å². The molecule has 0 aliphatic carbocycles. The van der Waals surface area contributed by atoms with Crippen LogP contribution in [-0.2, 0) is 16.6 Å². The van der Waals surface area contributed by atoms with Gasteiger partial charge in [-0.25, -0.2) is 8.42 Å². The highest BCUT2D eigenvalue weighted by Crippen LogP contribution is 2.34. The molecule has 0 N–H and O–H groups in total. The SMILES string of the molecule is COc1ccc(CN2CCN(S(=O)(=O)c3ccc4c(c3)OCO4)CC2)cc1. The standard InChI is InChI=1S/C19H22N2O5S/c1-24-16-4-2-15(3-5-16)13-20-8-10-21(11-9-20)27(22,23)17-6-7-18-19(12-17)26-14-25-18/h2-7,12H,8-11,13-14H2,1H3. The van der Waals surface area contributed by atoms with E-state index >= 15 is 0 Å². The van der Waals surface area contributed by atoms with Crippen LogP contribution in [0.3, 0.4) is 0 Å². The van der Waals surface area contributed by atoms with Crippen molar-refractivity contribution in [1.82, 2.24) is 9.21 Å². The molecule has 0 saturated carbocycles. The minimum atomic E-state index is -3.53. The van der Waals surface area contributed by atoms with E-state index in [2.05, 4.69) is 4.90 Å². The molecule has 2 aliphatic rings. The predicted molar refractivity (Wildman–Crippen MR) is 99.6 cm³/mol. The van der Waals surface area contributed by atoms with Crippen LogP contribution in [0.2, 0.25) is 0 Å². The van der Waals surface area contributed by atoms with Crippen molar-refractivity contribution in [2.45, 2.75) is 11.4 Å². The number of rotatable bonds is 5. The number of hydrogen-bond acceptors (Lipinski definition) is 6. The molecule has 1 saturated heterocycles. The van der Waals surface area contributed by atoms with Gasteiger partial charge in [-0.05, 0) is 29.8 Å². The topological polar surface area (TPSA) is 68.3 Å². The number of piperazine rings is 1. The minimum Gasteiger partial charge on any atom is -0.497 e. The maximum absolute atomic E-state index is 12.9. The summed E-state index contributed by atoms with van der Waals surface area (Å²) in [5.74, 6) is 1.89. The Morgan fingerprint density at radius 3 is 2.37 bits per heavy atom. The number of ether oxygens (including phenoxy) is 3. The van der Waals surface area contributed by atoms with Gasteiger partial charge in [0.1, 0.15) is 5.75 Å². The molecule has 2 aromatic rings. The number of fused-ring (bicyclic) bond motifs is 1. The van der Waals surface area contributed by atoms with E-state index < -0.39 is 10.0 Å². The molecular weight excluding hydrogens is 368 g/mol. The van der Waals surface area contributed by atoms with Crippen LogP contribution < -0.4 is 14.2 Å². The molecule has 2 aliphatic heterocycles. The van der Waals surface area contributed by atoms with E-state index in [0.29, 0.717) is 37.7 Å². The third-order valence-corrected chi connectivity index (χ3v) is 6.77. The lowest BCUT2D eigenvalue weighted by Gasteiger charge is -2.34. The fourth-order valence-corrected chi connectivity index (χ4v) is 4.74. The Balaban J connectivity index is 1.39. The van der Waals surface area contributed by atoms with Crippen molar-refractivity contribution in [3.63, 3.8) is 0 Å². The first-order valence-electron chi connectivity index (χ1n) is 8.81. The number of nitrogens with zero attached hydrogens (tertiary/aromatic N) is 2. The van der Waals surface area contributed by atoms with E-state index in [4.69, 9.17) is 14.2 Å². The molecule has 0 bridgehead atoms. The highest BCUT2D eigenvalue weighted by molar-refractivity contribution is 7.89. The Bertz CT molecular complexity index is 906. The molecule has 0 aromatic heterocycles. The number of methoxy groups -OCH3 is 1. The fourth-order valence-electron chi connectivity index (χ4n) is 3.30. The highest BCUT2D eigenvalue weighted by atomic mass is 32.2. The molecule has 7 nitrogen and oxygen atoms in total. The average Bonchev–Trinajstić information content (AvgIpc) is 3.17. The van der Waals surface area contributed by atoms with Crippen molar-refractivity contribution in [3.05, 3.63) is 48.0 Å². The van der Waals surface area contributed by atoms with Crippen molar-refractivity contribution in [3.8, 4) is 17.2 Å². The molecule has 4 rings (SSSR count). The molecule has 144 valence electrons. The summed E-state index contributed by atoms with van der Waals surface area (Å²) in [6, 6.07) is 12.7. The molecule has 0 unspecified atom stereocenters. The van der Waals surface area contributed by atoms with E-state index in [-0.39, 0.29) is 11.7 Å². The Kier molecular flexibility index (Phi) is 4.94. The second kappa shape index (κ2) is 7.38. The molecular formula is C19H22N2O5S. The summed E-state index contributed by atoms with van der Waals surface area (Å²) in [5.41, 5.74) is 1.18. The van der Waals surface area contributed by atoms with Crippen molar-refractivity contribution in [1.29, 1.82) is 0 Å². The van der Waals surface area contributed by atoms with Crippen LogP contribution in [0.4, 0.5) is 0 Å². The first kappa shape index (κ1) is 18.1. The molecule has 8 heteroatoms. The van der Waals surface area contributed by atoms with Crippen LogP contribution in [0.1, 0.15) is 5.56 Å². The molecule has 0 radical (unpaired) electrons. The first-order chi connectivity index (χ1) is 13.1. The van der Waals surface area contributed by atoms with E-state index in [1.165, 1.54) is 9.87 Å². The Hall–Kier alpha value is -2.29. The molecule has 2 heterocycles. The molecule has 1 fully saturated rings. The lowest BCUT2D eigenvalue weighted by molar-refractivity contribution is 0.173. The summed E-state index contributed by atoms with van der Waals surface area (Å²) in [6.07, 6.45) is 0. The summed E-state index contributed by atoms with van der Waals surface area (Å²) >= 11 is 0. The van der Waals surface area contributed by atoms with E-state index in [1.807, 2.05) is 24.3 Å². The van der Waals surface area contributed by atoms with Gasteiger partial charge in [-0.2, -0.15) is 4.31 Å². The number of sulfonamides is 1. The van der Waals surface area contributed by atoms with Gasteiger partial charge >= 0.3 is 0 Å². The minimum absolute atomic E-state index is 0.128. The number of hydrogen-bond donors (Lipinski definition) is 0. The van der Waals surface area contributed by atoms with Gasteiger partial charge in [0.15, 0.2) is 11.5 Å². The monoisotopic (exact) mass is 390 g/mol. The van der Waals surface area contributed by atoms with E-state index in [0.717, 1.165) is 12.3 Å². The van der Waals surface area contributed by atoms with Crippen LogP contribution in [0, 0.1) is 0 Å². The maximum atomic E-state index is 12.9. The van der Waals surface area contributed by atoms with Crippen LogP contribution in [0.15, 0.2) is 47.4 Å². The summed E-state index contributed by atoms with van der Waals surface area (Å²) in [6.45, 7) is 3.23. The van der Waals surface area contributed by atoms with Crippen molar-refractivity contribution in [2.75, 3.05) is 40.1 Å². The van der Waals surface area contributed by atoms with Gasteiger partial charge < -0.3 is 14.2 Å². The van der Waals surface area contributed by atoms with Crippen LogP contribution in [-0.4, -0.2) is 57.7 Å². The van der Waals surface area contributed by atoms with Gasteiger partial charge in [0.2, 0.25) is 16.8 Å². The van der Waals surface area contributed by atoms with Gasteiger partial charge in [-0.1, -0.05) is 12.1 Å². The second-order valence-electron chi connectivity index (χ2n) is 6.54. The van der Waals surface area contributed by atoms with E-state index in [9.17, 15) is 8.42 Å². The lowest BCUT2D eigenvalue weighted by atomic mass is 10.2. The van der Waals surface area contributed by atoms with Crippen molar-refractivity contribution in [2.24, 2.45) is 0 Å². The molecule has 27 heavy (non-hydrogen) atoms. The highest BCUT2D eigenvalue weighted by Gasteiger charge is 2.30. The van der Waals surface area contributed by atoms with Crippen LogP contribution in [0.5, 0.6) is 17.2 Å². The Morgan fingerprint density at radius 1 is 0.963 bits per heavy atom. The molecule has 0 atom stereocenters. The normalized spacial score (nSPS) is 17.8. The predicted octanol–water partition coefficient (Wildman–Crippen LogP) is 1.93. The van der Waals surface area contributed by atoms with Crippen molar-refractivity contribution >= 4 is 10.0 Å². The third-order valence-electron chi connectivity index (χ3n) is 4.88. The quantitative estimate of drug-likeness (QED) is 0.777. The fraction of sp³-hybridized carbons (Fsp3) is 0.368. The van der Waals surface area contributed by atoms with E-state index in [1.54, 1.807) is 25.3 Å². The zero-order valence-electron chi connectivity index (χ0n) is 15.1. The van der Waals surface area contributed by atoms with Gasteiger partial charge in [0.05, 0.1) is 12.0 Å². The summed E-state index contributed by atoms with van der Waals surface area (Å²) in [4.78, 5) is 2.50. The second-order valence-corrected chi connectivity index (χ2v) is 8.48. The first-order valence-corrected chi connectivity index (χ1v) is 10.3. The third kappa shape index (κ3) is 3.73. The number of benzene rings is 2. The van der Waals surface area contributed by atoms with Crippen LogP contribution >= 0.6 is 0 Å². The largest absolute Gasteiger partial charge is 0.497 e. The van der Waals surface area contributed by atoms with Gasteiger partial charge in [0, 0.05) is 38.8 Å². The summed E-state index contributed by atoms with van der Waals surface area (Å²) in [7, 11) is -1.89. The zero-order chi connectivity index (χ0) is 18.9.